The molecule has 1 heterocycles. The third kappa shape index (κ3) is 5.26. The number of aromatic nitrogens is 3. The van der Waals surface area contributed by atoms with Crippen LogP contribution in [0.4, 0.5) is 5.69 Å². The fraction of sp³-hybridized carbons (Fsp3) is 0.250. The Morgan fingerprint density at radius 2 is 1.93 bits per heavy atom. The Kier molecular flexibility index (Phi) is 6.95. The third-order valence-corrected chi connectivity index (χ3v) is 6.04. The molecule has 0 saturated carbocycles. The standard InChI is InChI=1S/C20H21IN4O2S/c1-13-5-4-6-17(14(13)2)27-11-18-23-24-20(25(18)3)28-12-19(26)22-16-9-7-15(21)8-10-16/h4-10H,11-12H2,1-3H3,(H,22,26). The van der Waals surface area contributed by atoms with E-state index in [2.05, 4.69) is 51.1 Å². The minimum atomic E-state index is -0.0811. The molecule has 1 aromatic heterocycles. The zero-order valence-electron chi connectivity index (χ0n) is 15.9. The van der Waals surface area contributed by atoms with E-state index in [1.165, 1.54) is 17.3 Å². The molecule has 0 aliphatic carbocycles. The second-order valence-electron chi connectivity index (χ2n) is 6.29. The van der Waals surface area contributed by atoms with Crippen molar-refractivity contribution in [3.05, 3.63) is 63.0 Å². The first kappa shape index (κ1) is 20.7. The first-order valence-corrected chi connectivity index (χ1v) is 10.8. The summed E-state index contributed by atoms with van der Waals surface area (Å²) in [6.45, 7) is 4.42. The van der Waals surface area contributed by atoms with E-state index >= 15 is 0 Å². The maximum absolute atomic E-state index is 12.2. The van der Waals surface area contributed by atoms with Crippen LogP contribution in [0.15, 0.2) is 47.6 Å². The van der Waals surface area contributed by atoms with Gasteiger partial charge in [0.2, 0.25) is 5.91 Å². The van der Waals surface area contributed by atoms with Crippen molar-refractivity contribution in [1.29, 1.82) is 0 Å². The van der Waals surface area contributed by atoms with Crippen LogP contribution in [0.25, 0.3) is 0 Å². The average molecular weight is 508 g/mol. The number of thioether (sulfide) groups is 1. The largest absolute Gasteiger partial charge is 0.485 e. The van der Waals surface area contributed by atoms with E-state index in [0.717, 1.165) is 20.6 Å². The third-order valence-electron chi connectivity index (χ3n) is 4.30. The van der Waals surface area contributed by atoms with E-state index in [9.17, 15) is 4.79 Å². The van der Waals surface area contributed by atoms with Gasteiger partial charge in [-0.3, -0.25) is 4.79 Å². The SMILES string of the molecule is Cc1cccc(OCc2nnc(SCC(=O)Nc3ccc(I)cc3)n2C)c1C. The molecule has 146 valence electrons. The predicted molar refractivity (Wildman–Crippen MR) is 120 cm³/mol. The van der Waals surface area contributed by atoms with Gasteiger partial charge in [-0.1, -0.05) is 23.9 Å². The quantitative estimate of drug-likeness (QED) is 0.380. The van der Waals surface area contributed by atoms with Crippen molar-refractivity contribution in [3.63, 3.8) is 0 Å². The van der Waals surface area contributed by atoms with Gasteiger partial charge < -0.3 is 14.6 Å². The van der Waals surface area contributed by atoms with Gasteiger partial charge in [-0.15, -0.1) is 10.2 Å². The Bertz CT molecular complexity index is 973. The molecule has 0 saturated heterocycles. The molecule has 3 rings (SSSR count). The molecule has 0 atom stereocenters. The number of carbonyl (C=O) groups is 1. The van der Waals surface area contributed by atoms with Crippen LogP contribution in [0.3, 0.4) is 0 Å². The van der Waals surface area contributed by atoms with E-state index in [1.807, 2.05) is 54.9 Å². The van der Waals surface area contributed by atoms with Crippen LogP contribution in [-0.4, -0.2) is 26.4 Å². The topological polar surface area (TPSA) is 69.0 Å². The van der Waals surface area contributed by atoms with Gasteiger partial charge in [0.15, 0.2) is 11.0 Å². The molecule has 0 aliphatic heterocycles. The Labute approximate surface area is 182 Å². The highest BCUT2D eigenvalue weighted by Crippen LogP contribution is 2.22. The van der Waals surface area contributed by atoms with Crippen molar-refractivity contribution in [2.75, 3.05) is 11.1 Å². The number of anilines is 1. The number of amides is 1. The second kappa shape index (κ2) is 9.42. The van der Waals surface area contributed by atoms with Gasteiger partial charge in [-0.2, -0.15) is 0 Å². The highest BCUT2D eigenvalue weighted by molar-refractivity contribution is 14.1. The van der Waals surface area contributed by atoms with E-state index in [1.54, 1.807) is 0 Å². The van der Waals surface area contributed by atoms with Gasteiger partial charge in [-0.25, -0.2) is 0 Å². The number of nitrogens with zero attached hydrogens (tertiary/aromatic N) is 3. The number of aryl methyl sites for hydroxylation is 1. The van der Waals surface area contributed by atoms with Gasteiger partial charge in [0.1, 0.15) is 12.4 Å². The summed E-state index contributed by atoms with van der Waals surface area (Å²) in [5.74, 6) is 1.73. The number of hydrogen-bond donors (Lipinski definition) is 1. The molecule has 3 aromatic rings. The maximum Gasteiger partial charge on any atom is 0.234 e. The Morgan fingerprint density at radius 1 is 1.18 bits per heavy atom. The van der Waals surface area contributed by atoms with Crippen molar-refractivity contribution < 1.29 is 9.53 Å². The van der Waals surface area contributed by atoms with Gasteiger partial charge in [0.25, 0.3) is 0 Å². The van der Waals surface area contributed by atoms with Crippen molar-refractivity contribution in [3.8, 4) is 5.75 Å². The summed E-state index contributed by atoms with van der Waals surface area (Å²) in [4.78, 5) is 12.2. The van der Waals surface area contributed by atoms with Crippen molar-refractivity contribution >= 4 is 45.9 Å². The first-order chi connectivity index (χ1) is 13.4. The lowest BCUT2D eigenvalue weighted by molar-refractivity contribution is -0.113. The molecular formula is C20H21IN4O2S. The molecule has 0 bridgehead atoms. The first-order valence-electron chi connectivity index (χ1n) is 8.69. The molecule has 1 N–H and O–H groups in total. The molecule has 0 unspecified atom stereocenters. The summed E-state index contributed by atoms with van der Waals surface area (Å²) in [5, 5.41) is 11.9. The van der Waals surface area contributed by atoms with Crippen LogP contribution < -0.4 is 10.1 Å². The summed E-state index contributed by atoms with van der Waals surface area (Å²) >= 11 is 3.57. The van der Waals surface area contributed by atoms with E-state index < -0.39 is 0 Å². The Hall–Kier alpha value is -2.07. The number of nitrogens with one attached hydrogen (secondary N) is 1. The second-order valence-corrected chi connectivity index (χ2v) is 8.48. The maximum atomic E-state index is 12.2. The number of ether oxygens (including phenoxy) is 1. The highest BCUT2D eigenvalue weighted by atomic mass is 127. The number of benzene rings is 2. The molecule has 28 heavy (non-hydrogen) atoms. The van der Waals surface area contributed by atoms with Gasteiger partial charge >= 0.3 is 0 Å². The molecule has 8 heteroatoms. The fourth-order valence-electron chi connectivity index (χ4n) is 2.48. The lowest BCUT2D eigenvalue weighted by atomic mass is 10.1. The van der Waals surface area contributed by atoms with Crippen LogP contribution in [0, 0.1) is 17.4 Å². The van der Waals surface area contributed by atoms with Crippen LogP contribution >= 0.6 is 34.4 Å². The summed E-state index contributed by atoms with van der Waals surface area (Å²) in [5.41, 5.74) is 3.09. The lowest BCUT2D eigenvalue weighted by Crippen LogP contribution is -2.14. The van der Waals surface area contributed by atoms with E-state index in [0.29, 0.717) is 17.6 Å². The van der Waals surface area contributed by atoms with Crippen LogP contribution in [0.2, 0.25) is 0 Å². The van der Waals surface area contributed by atoms with E-state index in [-0.39, 0.29) is 11.7 Å². The number of carbonyl (C=O) groups excluding carboxylic acids is 1. The Morgan fingerprint density at radius 3 is 2.68 bits per heavy atom. The smallest absolute Gasteiger partial charge is 0.234 e. The van der Waals surface area contributed by atoms with Crippen LogP contribution in [0.1, 0.15) is 17.0 Å². The minimum absolute atomic E-state index is 0.0811. The summed E-state index contributed by atoms with van der Waals surface area (Å²) in [6.07, 6.45) is 0. The monoisotopic (exact) mass is 508 g/mol. The predicted octanol–water partition coefficient (Wildman–Crippen LogP) is 4.35. The summed E-state index contributed by atoms with van der Waals surface area (Å²) < 4.78 is 8.88. The van der Waals surface area contributed by atoms with Gasteiger partial charge in [0.05, 0.1) is 5.75 Å². The fourth-order valence-corrected chi connectivity index (χ4v) is 3.57. The molecule has 6 nitrogen and oxygen atoms in total. The van der Waals surface area contributed by atoms with Crippen LogP contribution in [0.5, 0.6) is 5.75 Å². The summed E-state index contributed by atoms with van der Waals surface area (Å²) in [6, 6.07) is 13.7. The highest BCUT2D eigenvalue weighted by Gasteiger charge is 2.13. The molecule has 0 radical (unpaired) electrons. The molecule has 0 spiro atoms. The van der Waals surface area contributed by atoms with Crippen molar-refractivity contribution in [1.82, 2.24) is 14.8 Å². The number of hydrogen-bond acceptors (Lipinski definition) is 5. The number of halogens is 1. The van der Waals surface area contributed by atoms with Crippen molar-refractivity contribution in [2.24, 2.45) is 7.05 Å². The Balaban J connectivity index is 1.54. The normalized spacial score (nSPS) is 10.7. The molecule has 2 aromatic carbocycles. The van der Waals surface area contributed by atoms with Gasteiger partial charge in [-0.05, 0) is 77.9 Å². The summed E-state index contributed by atoms with van der Waals surface area (Å²) in [7, 11) is 1.88. The molecule has 0 aliphatic rings. The minimum Gasteiger partial charge on any atom is -0.485 e. The zero-order valence-corrected chi connectivity index (χ0v) is 18.9. The average Bonchev–Trinajstić information content (AvgIpc) is 3.03. The van der Waals surface area contributed by atoms with E-state index in [4.69, 9.17) is 4.74 Å². The zero-order chi connectivity index (χ0) is 20.1. The molecule has 0 fully saturated rings. The molecule has 1 amide bonds. The van der Waals surface area contributed by atoms with Crippen molar-refractivity contribution in [2.45, 2.75) is 25.6 Å². The van der Waals surface area contributed by atoms with Crippen LogP contribution in [-0.2, 0) is 18.4 Å². The number of rotatable bonds is 7. The molecular weight excluding hydrogens is 487 g/mol. The van der Waals surface area contributed by atoms with Gasteiger partial charge in [0, 0.05) is 16.3 Å². The lowest BCUT2D eigenvalue weighted by Gasteiger charge is -2.10.